The SMILES string of the molecule is O=C(Nc1ccc2c(c1)Cc1ccccc1-2)NC1CCN(CCc2ccncc2)CC1. The number of anilines is 1. The molecule has 2 aromatic carbocycles. The lowest BCUT2D eigenvalue weighted by Gasteiger charge is -2.32. The summed E-state index contributed by atoms with van der Waals surface area (Å²) in [6.07, 6.45) is 7.66. The summed E-state index contributed by atoms with van der Waals surface area (Å²) in [5, 5.41) is 6.20. The smallest absolute Gasteiger partial charge is 0.319 e. The molecule has 2 heterocycles. The van der Waals surface area contributed by atoms with E-state index in [0.717, 1.165) is 51.0 Å². The monoisotopic (exact) mass is 412 g/mol. The van der Waals surface area contributed by atoms with E-state index in [1.807, 2.05) is 18.5 Å². The zero-order valence-electron chi connectivity index (χ0n) is 17.7. The van der Waals surface area contributed by atoms with Gasteiger partial charge in [-0.3, -0.25) is 4.98 Å². The lowest BCUT2D eigenvalue weighted by molar-refractivity contribution is 0.197. The summed E-state index contributed by atoms with van der Waals surface area (Å²) < 4.78 is 0. The number of aromatic nitrogens is 1. The van der Waals surface area contributed by atoms with E-state index >= 15 is 0 Å². The second-order valence-electron chi connectivity index (χ2n) is 8.53. The van der Waals surface area contributed by atoms with Crippen LogP contribution in [0.15, 0.2) is 67.0 Å². The Balaban J connectivity index is 1.09. The summed E-state index contributed by atoms with van der Waals surface area (Å²) >= 11 is 0. The van der Waals surface area contributed by atoms with Gasteiger partial charge in [0.15, 0.2) is 0 Å². The first-order valence-corrected chi connectivity index (χ1v) is 11.1. The van der Waals surface area contributed by atoms with Crippen LogP contribution >= 0.6 is 0 Å². The molecule has 3 aromatic rings. The molecular formula is C26H28N4O. The zero-order valence-corrected chi connectivity index (χ0v) is 17.7. The van der Waals surface area contributed by atoms with Crippen molar-refractivity contribution < 1.29 is 4.79 Å². The minimum absolute atomic E-state index is 0.106. The maximum absolute atomic E-state index is 12.5. The van der Waals surface area contributed by atoms with E-state index < -0.39 is 0 Å². The van der Waals surface area contributed by atoms with Crippen LogP contribution in [0.4, 0.5) is 10.5 Å². The number of nitrogens with zero attached hydrogens (tertiary/aromatic N) is 2. The minimum atomic E-state index is -0.106. The molecule has 1 aliphatic carbocycles. The van der Waals surface area contributed by atoms with Crippen LogP contribution in [0.1, 0.15) is 29.5 Å². The van der Waals surface area contributed by atoms with Crippen molar-refractivity contribution in [3.8, 4) is 11.1 Å². The standard InChI is InChI=1S/C26H28N4O/c31-26(28-22-10-15-30(16-11-22)14-9-19-7-12-27-13-8-19)29-23-5-6-25-21(18-23)17-20-3-1-2-4-24(20)25/h1-8,12-13,18,22H,9-11,14-17H2,(H2,28,29,31). The maximum atomic E-state index is 12.5. The van der Waals surface area contributed by atoms with Gasteiger partial charge in [-0.05, 0) is 77.8 Å². The second-order valence-corrected chi connectivity index (χ2v) is 8.53. The van der Waals surface area contributed by atoms with Gasteiger partial charge in [-0.25, -0.2) is 4.79 Å². The number of nitrogens with one attached hydrogen (secondary N) is 2. The molecule has 158 valence electrons. The molecule has 2 aliphatic rings. The minimum Gasteiger partial charge on any atom is -0.335 e. The van der Waals surface area contributed by atoms with Crippen LogP contribution in [0, 0.1) is 0 Å². The Morgan fingerprint density at radius 3 is 2.58 bits per heavy atom. The normalized spacial score (nSPS) is 15.9. The van der Waals surface area contributed by atoms with Crippen LogP contribution in [0.5, 0.6) is 0 Å². The highest BCUT2D eigenvalue weighted by molar-refractivity contribution is 5.90. The first-order chi connectivity index (χ1) is 15.2. The summed E-state index contributed by atoms with van der Waals surface area (Å²) in [5.74, 6) is 0. The molecule has 2 N–H and O–H groups in total. The molecule has 0 spiro atoms. The number of fused-ring (bicyclic) bond motifs is 3. The summed E-state index contributed by atoms with van der Waals surface area (Å²) in [6.45, 7) is 3.10. The third kappa shape index (κ3) is 4.62. The van der Waals surface area contributed by atoms with Gasteiger partial charge in [-0.1, -0.05) is 30.3 Å². The fourth-order valence-electron chi connectivity index (χ4n) is 4.71. The number of carbonyl (C=O) groups excluding carboxylic acids is 1. The van der Waals surface area contributed by atoms with Crippen molar-refractivity contribution >= 4 is 11.7 Å². The highest BCUT2D eigenvalue weighted by atomic mass is 16.2. The van der Waals surface area contributed by atoms with Crippen molar-refractivity contribution in [2.75, 3.05) is 25.0 Å². The highest BCUT2D eigenvalue weighted by Gasteiger charge is 2.21. The Morgan fingerprint density at radius 1 is 0.968 bits per heavy atom. The van der Waals surface area contributed by atoms with Crippen molar-refractivity contribution in [1.29, 1.82) is 0 Å². The molecule has 1 saturated heterocycles. The zero-order chi connectivity index (χ0) is 21.0. The van der Waals surface area contributed by atoms with Gasteiger partial charge in [-0.2, -0.15) is 0 Å². The molecule has 5 heteroatoms. The van der Waals surface area contributed by atoms with Crippen LogP contribution < -0.4 is 10.6 Å². The number of carbonyl (C=O) groups is 1. The summed E-state index contributed by atoms with van der Waals surface area (Å²) in [6, 6.07) is 19.0. The van der Waals surface area contributed by atoms with Crippen LogP contribution in [0.25, 0.3) is 11.1 Å². The fraction of sp³-hybridized carbons (Fsp3) is 0.308. The average Bonchev–Trinajstić information content (AvgIpc) is 3.17. The Kier molecular flexibility index (Phi) is 5.67. The molecule has 2 amide bonds. The molecule has 0 atom stereocenters. The lowest BCUT2D eigenvalue weighted by Crippen LogP contribution is -2.46. The number of rotatable bonds is 5. The molecule has 5 rings (SSSR count). The van der Waals surface area contributed by atoms with E-state index in [4.69, 9.17) is 0 Å². The van der Waals surface area contributed by atoms with Crippen LogP contribution in [-0.4, -0.2) is 41.6 Å². The van der Waals surface area contributed by atoms with Crippen molar-refractivity contribution in [1.82, 2.24) is 15.2 Å². The van der Waals surface area contributed by atoms with E-state index in [0.29, 0.717) is 0 Å². The molecule has 0 bridgehead atoms. The number of hydrogen-bond acceptors (Lipinski definition) is 3. The number of urea groups is 1. The van der Waals surface area contributed by atoms with Crippen molar-refractivity contribution in [2.24, 2.45) is 0 Å². The van der Waals surface area contributed by atoms with E-state index in [2.05, 4.69) is 69.0 Å². The summed E-state index contributed by atoms with van der Waals surface area (Å²) in [4.78, 5) is 19.1. The predicted octanol–water partition coefficient (Wildman–Crippen LogP) is 4.48. The third-order valence-corrected chi connectivity index (χ3v) is 6.44. The maximum Gasteiger partial charge on any atom is 0.319 e. The molecule has 0 unspecified atom stereocenters. The number of piperidine rings is 1. The predicted molar refractivity (Wildman–Crippen MR) is 124 cm³/mol. The van der Waals surface area contributed by atoms with Gasteiger partial charge in [-0.15, -0.1) is 0 Å². The van der Waals surface area contributed by atoms with Gasteiger partial charge < -0.3 is 15.5 Å². The van der Waals surface area contributed by atoms with Crippen LogP contribution in [0.3, 0.4) is 0 Å². The molecule has 31 heavy (non-hydrogen) atoms. The lowest BCUT2D eigenvalue weighted by atomic mass is 10.0. The molecule has 5 nitrogen and oxygen atoms in total. The molecular weight excluding hydrogens is 384 g/mol. The van der Waals surface area contributed by atoms with Gasteiger partial charge in [0.05, 0.1) is 0 Å². The van der Waals surface area contributed by atoms with Gasteiger partial charge in [0, 0.05) is 43.8 Å². The van der Waals surface area contributed by atoms with E-state index in [1.54, 1.807) is 0 Å². The molecule has 0 radical (unpaired) electrons. The van der Waals surface area contributed by atoms with Crippen molar-refractivity contribution in [3.05, 3.63) is 83.7 Å². The highest BCUT2D eigenvalue weighted by Crippen LogP contribution is 2.37. The van der Waals surface area contributed by atoms with Gasteiger partial charge in [0.2, 0.25) is 0 Å². The third-order valence-electron chi connectivity index (χ3n) is 6.44. The average molecular weight is 413 g/mol. The number of benzene rings is 2. The van der Waals surface area contributed by atoms with Crippen molar-refractivity contribution in [3.63, 3.8) is 0 Å². The van der Waals surface area contributed by atoms with Gasteiger partial charge >= 0.3 is 6.03 Å². The largest absolute Gasteiger partial charge is 0.335 e. The first kappa shape index (κ1) is 19.8. The Labute approximate surface area is 183 Å². The number of hydrogen-bond donors (Lipinski definition) is 2. The molecule has 1 aromatic heterocycles. The topological polar surface area (TPSA) is 57.3 Å². The first-order valence-electron chi connectivity index (χ1n) is 11.1. The van der Waals surface area contributed by atoms with E-state index in [1.165, 1.54) is 27.8 Å². The van der Waals surface area contributed by atoms with Gasteiger partial charge in [0.1, 0.15) is 0 Å². The Bertz CT molecular complexity index is 1060. The van der Waals surface area contributed by atoms with E-state index in [-0.39, 0.29) is 12.1 Å². The molecule has 0 saturated carbocycles. The van der Waals surface area contributed by atoms with Crippen LogP contribution in [0.2, 0.25) is 0 Å². The van der Waals surface area contributed by atoms with E-state index in [9.17, 15) is 4.79 Å². The second kappa shape index (κ2) is 8.90. The fourth-order valence-corrected chi connectivity index (χ4v) is 4.71. The quantitative estimate of drug-likeness (QED) is 0.508. The van der Waals surface area contributed by atoms with Gasteiger partial charge in [0.25, 0.3) is 0 Å². The number of amides is 2. The Hall–Kier alpha value is -3.18. The summed E-state index contributed by atoms with van der Waals surface area (Å²) in [5.41, 5.74) is 7.41. The van der Waals surface area contributed by atoms with Crippen molar-refractivity contribution in [2.45, 2.75) is 31.7 Å². The molecule has 1 aliphatic heterocycles. The molecule has 1 fully saturated rings. The number of pyridine rings is 1. The summed E-state index contributed by atoms with van der Waals surface area (Å²) in [7, 11) is 0. The Morgan fingerprint density at radius 2 is 1.74 bits per heavy atom. The van der Waals surface area contributed by atoms with Crippen LogP contribution in [-0.2, 0) is 12.8 Å². The number of likely N-dealkylation sites (tertiary alicyclic amines) is 1.